The number of fused-ring (bicyclic) bond motifs is 6. The van der Waals surface area contributed by atoms with Crippen LogP contribution in [-0.4, -0.2) is 19.0 Å². The molecule has 2 heteroatoms. The highest BCUT2D eigenvalue weighted by Gasteiger charge is 2.63. The molecule has 0 spiro atoms. The van der Waals surface area contributed by atoms with Crippen molar-refractivity contribution in [1.82, 2.24) is 0 Å². The summed E-state index contributed by atoms with van der Waals surface area (Å²) in [4.78, 5) is 12.9. The molecule has 0 unspecified atom stereocenters. The number of allylic oxidation sites excluding steroid dienone is 2. The van der Waals surface area contributed by atoms with E-state index >= 15 is 0 Å². The van der Waals surface area contributed by atoms with Gasteiger partial charge in [0.25, 0.3) is 0 Å². The molecule has 4 saturated carbocycles. The van der Waals surface area contributed by atoms with Crippen molar-refractivity contribution >= 4 is 5.78 Å². The summed E-state index contributed by atoms with van der Waals surface area (Å²) in [6.07, 6.45) is 15.3. The number of ketones is 1. The van der Waals surface area contributed by atoms with Crippen molar-refractivity contribution in [2.45, 2.75) is 119 Å². The highest BCUT2D eigenvalue weighted by atomic mass is 16.5. The Labute approximate surface area is 203 Å². The van der Waals surface area contributed by atoms with Crippen LogP contribution in [0.1, 0.15) is 113 Å². The molecule has 5 rings (SSSR count). The third-order valence-corrected chi connectivity index (χ3v) is 12.9. The van der Waals surface area contributed by atoms with Crippen LogP contribution in [0, 0.1) is 50.7 Å². The summed E-state index contributed by atoms with van der Waals surface area (Å²) in [5, 5.41) is 0. The summed E-state index contributed by atoms with van der Waals surface area (Å²) < 4.78 is 6.01. The van der Waals surface area contributed by atoms with Gasteiger partial charge in [0.15, 0.2) is 0 Å². The monoisotopic (exact) mass is 454 g/mol. The predicted octanol–water partition coefficient (Wildman–Crippen LogP) is 8.00. The van der Waals surface area contributed by atoms with Crippen LogP contribution < -0.4 is 0 Å². The van der Waals surface area contributed by atoms with Crippen LogP contribution in [0.5, 0.6) is 0 Å². The van der Waals surface area contributed by atoms with Gasteiger partial charge in [0.2, 0.25) is 0 Å². The minimum Gasteiger partial charge on any atom is -0.381 e. The molecule has 0 N–H and O–H groups in total. The van der Waals surface area contributed by atoms with Gasteiger partial charge in [-0.15, -0.1) is 0 Å². The maximum absolute atomic E-state index is 12.9. The zero-order chi connectivity index (χ0) is 24.0. The third kappa shape index (κ3) is 3.17. The SMILES string of the molecule is CO[C@H]1CC[C@]2(C)[C@H]3CC[C@@H]4[C@@](C)(CC[C@H]5C(C)(C)C(=O)CC[C@]45C)CC3=CC[C@H]2C1(C)C. The normalized spacial score (nSPS) is 50.7. The Kier molecular flexibility index (Phi) is 5.43. The predicted molar refractivity (Wildman–Crippen MR) is 136 cm³/mol. The Bertz CT molecular complexity index is 851. The first-order valence-corrected chi connectivity index (χ1v) is 14.1. The molecular formula is C31H50O2. The summed E-state index contributed by atoms with van der Waals surface area (Å²) in [6, 6.07) is 0. The highest BCUT2D eigenvalue weighted by molar-refractivity contribution is 5.85. The Morgan fingerprint density at radius 3 is 2.24 bits per heavy atom. The standard InChI is InChI=1S/C31H50O2/c1-27(2)23-13-16-29(5)19-20-9-11-22-28(3,4)26(33-8)15-18-30(22,6)21(20)10-12-24(29)31(23,7)17-14-25(27)32/h9,21-24,26H,10-19H2,1-8H3/t21-,22-,23-,24+,26-,29-,30+,31-/m0/s1. The fourth-order valence-corrected chi connectivity index (χ4v) is 11.2. The molecule has 186 valence electrons. The molecule has 0 aromatic carbocycles. The summed E-state index contributed by atoms with van der Waals surface area (Å²) in [5.41, 5.74) is 2.99. The van der Waals surface area contributed by atoms with Crippen molar-refractivity contribution in [3.05, 3.63) is 11.6 Å². The number of rotatable bonds is 1. The number of ether oxygens (including phenoxy) is 1. The number of Topliss-reactive ketones (excluding diaryl/α,β-unsaturated/α-hetero) is 1. The Hall–Kier alpha value is -0.630. The molecule has 0 radical (unpaired) electrons. The second kappa shape index (κ2) is 7.44. The van der Waals surface area contributed by atoms with Crippen molar-refractivity contribution < 1.29 is 9.53 Å². The molecule has 33 heavy (non-hydrogen) atoms. The van der Waals surface area contributed by atoms with Crippen LogP contribution in [0.15, 0.2) is 11.6 Å². The summed E-state index contributed by atoms with van der Waals surface area (Å²) >= 11 is 0. The smallest absolute Gasteiger partial charge is 0.138 e. The zero-order valence-electron chi connectivity index (χ0n) is 22.9. The molecule has 4 fully saturated rings. The third-order valence-electron chi connectivity index (χ3n) is 12.9. The van der Waals surface area contributed by atoms with E-state index in [1.54, 1.807) is 5.57 Å². The maximum Gasteiger partial charge on any atom is 0.138 e. The lowest BCUT2D eigenvalue weighted by Crippen LogP contribution is -2.57. The first kappa shape index (κ1) is 24.1. The molecule has 0 aliphatic heterocycles. The summed E-state index contributed by atoms with van der Waals surface area (Å²) in [6.45, 7) is 17.4. The van der Waals surface area contributed by atoms with Gasteiger partial charge in [0, 0.05) is 18.9 Å². The van der Waals surface area contributed by atoms with Gasteiger partial charge < -0.3 is 4.74 Å². The van der Waals surface area contributed by atoms with E-state index in [-0.39, 0.29) is 10.8 Å². The first-order chi connectivity index (χ1) is 15.3. The van der Waals surface area contributed by atoms with Crippen LogP contribution in [0.3, 0.4) is 0 Å². The molecule has 0 aromatic heterocycles. The number of hydrogen-bond acceptors (Lipinski definition) is 2. The van der Waals surface area contributed by atoms with Crippen LogP contribution >= 0.6 is 0 Å². The van der Waals surface area contributed by atoms with E-state index in [1.165, 1.54) is 51.4 Å². The maximum atomic E-state index is 12.9. The van der Waals surface area contributed by atoms with Crippen LogP contribution in [-0.2, 0) is 9.53 Å². The quantitative estimate of drug-likeness (QED) is 0.375. The minimum atomic E-state index is -0.147. The van der Waals surface area contributed by atoms with E-state index < -0.39 is 0 Å². The molecule has 0 heterocycles. The molecule has 8 atom stereocenters. The molecule has 5 aliphatic rings. The summed E-state index contributed by atoms with van der Waals surface area (Å²) in [7, 11) is 1.92. The Morgan fingerprint density at radius 1 is 0.818 bits per heavy atom. The molecule has 0 bridgehead atoms. The molecule has 0 saturated heterocycles. The molecular weight excluding hydrogens is 404 g/mol. The largest absolute Gasteiger partial charge is 0.381 e. The average Bonchev–Trinajstić information content (AvgIpc) is 2.88. The molecule has 0 amide bonds. The van der Waals surface area contributed by atoms with Gasteiger partial charge in [0.1, 0.15) is 5.78 Å². The van der Waals surface area contributed by atoms with Crippen molar-refractivity contribution in [3.8, 4) is 0 Å². The van der Waals surface area contributed by atoms with Crippen LogP contribution in [0.2, 0.25) is 0 Å². The average molecular weight is 455 g/mol. The van der Waals surface area contributed by atoms with E-state index in [9.17, 15) is 4.79 Å². The molecule has 5 aliphatic carbocycles. The second-order valence-corrected chi connectivity index (χ2v) is 14.9. The van der Waals surface area contributed by atoms with E-state index in [2.05, 4.69) is 54.5 Å². The topological polar surface area (TPSA) is 26.3 Å². The van der Waals surface area contributed by atoms with Crippen molar-refractivity contribution in [3.63, 3.8) is 0 Å². The highest BCUT2D eigenvalue weighted by Crippen LogP contribution is 2.70. The first-order valence-electron chi connectivity index (χ1n) is 14.1. The van der Waals surface area contributed by atoms with Gasteiger partial charge in [-0.3, -0.25) is 4.79 Å². The van der Waals surface area contributed by atoms with Gasteiger partial charge >= 0.3 is 0 Å². The second-order valence-electron chi connectivity index (χ2n) is 14.9. The molecule has 2 nitrogen and oxygen atoms in total. The van der Waals surface area contributed by atoms with Crippen molar-refractivity contribution in [1.29, 1.82) is 0 Å². The van der Waals surface area contributed by atoms with E-state index in [1.807, 2.05) is 7.11 Å². The zero-order valence-corrected chi connectivity index (χ0v) is 22.9. The van der Waals surface area contributed by atoms with Crippen molar-refractivity contribution in [2.75, 3.05) is 7.11 Å². The van der Waals surface area contributed by atoms with Gasteiger partial charge in [-0.25, -0.2) is 0 Å². The van der Waals surface area contributed by atoms with Crippen LogP contribution in [0.4, 0.5) is 0 Å². The lowest BCUT2D eigenvalue weighted by Gasteiger charge is -2.62. The fraction of sp³-hybridized carbons (Fsp3) is 0.903. The Morgan fingerprint density at radius 2 is 1.55 bits per heavy atom. The van der Waals surface area contributed by atoms with Crippen molar-refractivity contribution in [2.24, 2.45) is 50.7 Å². The number of carbonyl (C=O) groups is 1. The molecule has 0 aromatic rings. The van der Waals surface area contributed by atoms with Gasteiger partial charge in [-0.2, -0.15) is 0 Å². The summed E-state index contributed by atoms with van der Waals surface area (Å²) in [5.74, 6) is 3.26. The van der Waals surface area contributed by atoms with E-state index in [0.29, 0.717) is 40.0 Å². The fourth-order valence-electron chi connectivity index (χ4n) is 11.2. The lowest BCUT2D eigenvalue weighted by atomic mass is 9.42. The lowest BCUT2D eigenvalue weighted by molar-refractivity contribution is -0.159. The van der Waals surface area contributed by atoms with Gasteiger partial charge in [-0.05, 0) is 103 Å². The number of hydrogen-bond donors (Lipinski definition) is 0. The van der Waals surface area contributed by atoms with E-state index in [0.717, 1.165) is 24.7 Å². The Balaban J connectivity index is 1.50. The minimum absolute atomic E-state index is 0.147. The number of methoxy groups -OCH3 is 1. The van der Waals surface area contributed by atoms with Gasteiger partial charge in [-0.1, -0.05) is 60.1 Å². The van der Waals surface area contributed by atoms with Crippen LogP contribution in [0.25, 0.3) is 0 Å². The van der Waals surface area contributed by atoms with E-state index in [4.69, 9.17) is 4.74 Å². The number of carbonyl (C=O) groups excluding carboxylic acids is 1. The van der Waals surface area contributed by atoms with Gasteiger partial charge in [0.05, 0.1) is 6.10 Å².